The number of aromatic nitrogens is 3. The molecule has 4 N–H and O–H groups in total. The van der Waals surface area contributed by atoms with E-state index in [0.717, 1.165) is 0 Å². The molecule has 0 saturated heterocycles. The number of anilines is 1. The molecule has 8 nitrogen and oxygen atoms in total. The Bertz CT molecular complexity index is 776. The summed E-state index contributed by atoms with van der Waals surface area (Å²) >= 11 is 0. The van der Waals surface area contributed by atoms with Crippen molar-refractivity contribution in [3.8, 4) is 11.3 Å². The normalized spacial score (nSPS) is 14.4. The maximum Gasteiger partial charge on any atom is 0.254 e. The van der Waals surface area contributed by atoms with Crippen LogP contribution in [0.3, 0.4) is 0 Å². The maximum atomic E-state index is 14.7. The number of carbonyl (C=O) groups is 1. The van der Waals surface area contributed by atoms with Crippen molar-refractivity contribution in [2.45, 2.75) is 12.6 Å². The highest BCUT2D eigenvalue weighted by Gasteiger charge is 2.30. The van der Waals surface area contributed by atoms with E-state index in [0.29, 0.717) is 30.0 Å². The topological polar surface area (TPSA) is 107 Å². The van der Waals surface area contributed by atoms with E-state index in [2.05, 4.69) is 20.7 Å². The van der Waals surface area contributed by atoms with Gasteiger partial charge in [0.05, 0.1) is 24.1 Å². The Labute approximate surface area is 138 Å². The summed E-state index contributed by atoms with van der Waals surface area (Å²) < 4.78 is 21.2. The van der Waals surface area contributed by atoms with Crippen LogP contribution >= 0.6 is 0 Å². The smallest absolute Gasteiger partial charge is 0.254 e. The van der Waals surface area contributed by atoms with E-state index < -0.39 is 5.82 Å². The van der Waals surface area contributed by atoms with Gasteiger partial charge in [-0.2, -0.15) is 5.10 Å². The molecule has 9 heteroatoms. The Morgan fingerprint density at radius 2 is 2.38 bits per heavy atom. The van der Waals surface area contributed by atoms with Crippen LogP contribution in [-0.4, -0.2) is 47.0 Å². The molecular weight excluding hydrogens is 315 g/mol. The fourth-order valence-corrected chi connectivity index (χ4v) is 2.65. The summed E-state index contributed by atoms with van der Waals surface area (Å²) in [7, 11) is 3.31. The van der Waals surface area contributed by atoms with Gasteiger partial charge in [-0.1, -0.05) is 0 Å². The number of fused-ring (bicyclic) bond motifs is 1. The van der Waals surface area contributed by atoms with E-state index in [4.69, 9.17) is 10.5 Å². The average molecular weight is 334 g/mol. The molecule has 0 radical (unpaired) electrons. The second-order valence-corrected chi connectivity index (χ2v) is 5.66. The zero-order valence-electron chi connectivity index (χ0n) is 13.5. The van der Waals surface area contributed by atoms with Crippen LogP contribution in [0.1, 0.15) is 15.9 Å². The largest absolute Gasteiger partial charge is 0.383 e. The molecule has 2 aromatic rings. The minimum atomic E-state index is -0.541. The van der Waals surface area contributed by atoms with Crippen LogP contribution in [0.15, 0.2) is 12.4 Å². The monoisotopic (exact) mass is 334 g/mol. The highest BCUT2D eigenvalue weighted by Crippen LogP contribution is 2.32. The molecule has 1 amide bonds. The van der Waals surface area contributed by atoms with Crippen LogP contribution in [0, 0.1) is 5.82 Å². The minimum Gasteiger partial charge on any atom is -0.383 e. The molecule has 1 aliphatic rings. The van der Waals surface area contributed by atoms with Gasteiger partial charge in [-0.3, -0.25) is 9.48 Å². The van der Waals surface area contributed by atoms with Crippen LogP contribution in [-0.2, 0) is 18.3 Å². The van der Waals surface area contributed by atoms with Crippen LogP contribution < -0.4 is 16.4 Å². The third-order valence-electron chi connectivity index (χ3n) is 3.78. The van der Waals surface area contributed by atoms with E-state index in [1.807, 2.05) is 0 Å². The molecule has 0 saturated carbocycles. The third-order valence-corrected chi connectivity index (χ3v) is 3.78. The van der Waals surface area contributed by atoms with Crippen molar-refractivity contribution in [1.29, 1.82) is 0 Å². The van der Waals surface area contributed by atoms with E-state index in [1.165, 1.54) is 0 Å². The van der Waals surface area contributed by atoms with Crippen molar-refractivity contribution >= 4 is 11.7 Å². The quantitative estimate of drug-likeness (QED) is 0.699. The number of aryl methyl sites for hydroxylation is 1. The van der Waals surface area contributed by atoms with E-state index in [9.17, 15) is 9.18 Å². The first kappa shape index (κ1) is 16.3. The molecule has 1 atom stereocenters. The zero-order valence-corrected chi connectivity index (χ0v) is 13.5. The maximum absolute atomic E-state index is 14.7. The summed E-state index contributed by atoms with van der Waals surface area (Å²) in [4.78, 5) is 16.4. The summed E-state index contributed by atoms with van der Waals surface area (Å²) in [6, 6.07) is -0.300. The summed E-state index contributed by atoms with van der Waals surface area (Å²) in [6.07, 6.45) is 3.32. The van der Waals surface area contributed by atoms with Gasteiger partial charge in [0.1, 0.15) is 0 Å². The molecule has 0 spiro atoms. The number of nitrogens with zero attached hydrogens (tertiary/aromatic N) is 3. The number of hydrogen-bond donors (Lipinski definition) is 3. The Kier molecular flexibility index (Phi) is 4.45. The van der Waals surface area contributed by atoms with Gasteiger partial charge in [-0.25, -0.2) is 9.37 Å². The van der Waals surface area contributed by atoms with Crippen LogP contribution in [0.25, 0.3) is 11.3 Å². The number of carbonyl (C=O) groups excluding carboxylic acids is 1. The highest BCUT2D eigenvalue weighted by atomic mass is 19.1. The van der Waals surface area contributed by atoms with Gasteiger partial charge in [0.25, 0.3) is 5.91 Å². The van der Waals surface area contributed by atoms with Crippen LogP contribution in [0.5, 0.6) is 0 Å². The van der Waals surface area contributed by atoms with Crippen molar-refractivity contribution in [3.63, 3.8) is 0 Å². The lowest BCUT2D eigenvalue weighted by molar-refractivity contribution is 0.0966. The molecule has 3 heterocycles. The third kappa shape index (κ3) is 2.95. The average Bonchev–Trinajstić information content (AvgIpc) is 3.14. The fraction of sp³-hybridized carbons (Fsp3) is 0.400. The van der Waals surface area contributed by atoms with Crippen molar-refractivity contribution < 1.29 is 13.9 Å². The van der Waals surface area contributed by atoms with Crippen molar-refractivity contribution in [2.75, 3.05) is 25.6 Å². The molecule has 1 unspecified atom stereocenters. The van der Waals surface area contributed by atoms with E-state index in [1.54, 1.807) is 31.2 Å². The summed E-state index contributed by atoms with van der Waals surface area (Å²) in [5, 5.41) is 9.63. The first-order valence-corrected chi connectivity index (χ1v) is 7.49. The minimum absolute atomic E-state index is 0.0654. The highest BCUT2D eigenvalue weighted by molar-refractivity contribution is 6.04. The van der Waals surface area contributed by atoms with Gasteiger partial charge in [0.2, 0.25) is 0 Å². The predicted molar refractivity (Wildman–Crippen MR) is 85.9 cm³/mol. The lowest BCUT2D eigenvalue weighted by Crippen LogP contribution is -2.33. The first-order chi connectivity index (χ1) is 11.5. The number of amides is 1. The lowest BCUT2D eigenvalue weighted by atomic mass is 10.0. The lowest BCUT2D eigenvalue weighted by Gasteiger charge is -2.15. The number of hydrogen-bond acceptors (Lipinski definition) is 6. The van der Waals surface area contributed by atoms with Gasteiger partial charge in [-0.15, -0.1) is 0 Å². The van der Waals surface area contributed by atoms with Gasteiger partial charge in [0, 0.05) is 50.6 Å². The molecule has 1 aliphatic heterocycles. The molecule has 3 rings (SSSR count). The second kappa shape index (κ2) is 6.54. The van der Waals surface area contributed by atoms with E-state index in [-0.39, 0.29) is 29.9 Å². The Morgan fingerprint density at radius 3 is 3.04 bits per heavy atom. The number of halogens is 1. The number of nitrogens with two attached hydrogens (primary N) is 1. The Morgan fingerprint density at radius 1 is 1.58 bits per heavy atom. The van der Waals surface area contributed by atoms with Gasteiger partial charge < -0.3 is 21.1 Å². The van der Waals surface area contributed by atoms with Crippen molar-refractivity contribution in [2.24, 2.45) is 12.8 Å². The summed E-state index contributed by atoms with van der Waals surface area (Å²) in [5.41, 5.74) is 7.46. The summed E-state index contributed by atoms with van der Waals surface area (Å²) in [5.74, 6) is -0.811. The molecule has 0 bridgehead atoms. The molecule has 24 heavy (non-hydrogen) atoms. The predicted octanol–water partition coefficient (Wildman–Crippen LogP) is 0.250. The molecule has 0 aliphatic carbocycles. The first-order valence-electron chi connectivity index (χ1n) is 7.49. The Hall–Kier alpha value is -2.52. The number of pyridine rings is 1. The second-order valence-electron chi connectivity index (χ2n) is 5.66. The molecular formula is C15H19FN6O2. The molecule has 2 aromatic heterocycles. The van der Waals surface area contributed by atoms with Crippen molar-refractivity contribution in [1.82, 2.24) is 20.1 Å². The standard InChI is InChI=1S/C15H19FN6O2/c1-22-6-8(3-20-22)13-11-10(5-19-15(11)23)12(16)14(21-13)18-4-9(17)7-24-2/h3,6,9H,4-5,7,17H2,1-2H3,(H,18,21)(H,19,23). The fourth-order valence-electron chi connectivity index (χ4n) is 2.65. The van der Waals surface area contributed by atoms with Gasteiger partial charge in [-0.05, 0) is 0 Å². The summed E-state index contributed by atoms with van der Waals surface area (Å²) in [6.45, 7) is 0.772. The molecule has 128 valence electrons. The number of methoxy groups -OCH3 is 1. The van der Waals surface area contributed by atoms with Gasteiger partial charge in [0.15, 0.2) is 11.6 Å². The molecule has 0 fully saturated rings. The van der Waals surface area contributed by atoms with Crippen molar-refractivity contribution in [3.05, 3.63) is 29.3 Å². The molecule has 0 aromatic carbocycles. The number of rotatable bonds is 6. The van der Waals surface area contributed by atoms with E-state index >= 15 is 0 Å². The van der Waals surface area contributed by atoms with Crippen LogP contribution in [0.4, 0.5) is 10.2 Å². The zero-order chi connectivity index (χ0) is 17.3. The van der Waals surface area contributed by atoms with Gasteiger partial charge >= 0.3 is 0 Å². The number of nitrogens with one attached hydrogen (secondary N) is 2. The SMILES string of the molecule is COCC(N)CNc1nc(-c2cnn(C)c2)c2c(c1F)CNC2=O. The number of ether oxygens (including phenoxy) is 1. The van der Waals surface area contributed by atoms with Crippen LogP contribution in [0.2, 0.25) is 0 Å². The Balaban J connectivity index is 2.00.